The van der Waals surface area contributed by atoms with Crippen molar-refractivity contribution in [1.82, 2.24) is 9.88 Å². The van der Waals surface area contributed by atoms with Gasteiger partial charge in [-0.05, 0) is 37.6 Å². The second-order valence-corrected chi connectivity index (χ2v) is 6.81. The normalized spacial score (nSPS) is 14.2. The summed E-state index contributed by atoms with van der Waals surface area (Å²) in [5, 5.41) is 0. The highest BCUT2D eigenvalue weighted by Gasteiger charge is 2.21. The molecule has 0 aliphatic carbocycles. The molecule has 142 valence electrons. The summed E-state index contributed by atoms with van der Waals surface area (Å²) in [6, 6.07) is 9.85. The van der Waals surface area contributed by atoms with E-state index in [4.69, 9.17) is 0 Å². The lowest BCUT2D eigenvalue weighted by molar-refractivity contribution is -0.129. The zero-order valence-electron chi connectivity index (χ0n) is 16.2. The number of hydrogen-bond donors (Lipinski definition) is 0. The number of anilines is 2. The van der Waals surface area contributed by atoms with Crippen LogP contribution in [0.1, 0.15) is 29.8 Å². The number of piperazine rings is 1. The molecule has 1 aromatic heterocycles. The predicted octanol–water partition coefficient (Wildman–Crippen LogP) is 2.73. The van der Waals surface area contributed by atoms with E-state index in [0.29, 0.717) is 25.2 Å². The molecule has 1 aliphatic rings. The van der Waals surface area contributed by atoms with Gasteiger partial charge in [-0.3, -0.25) is 14.6 Å². The van der Waals surface area contributed by atoms with Crippen molar-refractivity contribution in [2.75, 3.05) is 42.5 Å². The molecule has 1 aromatic carbocycles. The summed E-state index contributed by atoms with van der Waals surface area (Å²) in [5.74, 6) is 0.0493. The van der Waals surface area contributed by atoms with Gasteiger partial charge in [0.15, 0.2) is 0 Å². The van der Waals surface area contributed by atoms with Gasteiger partial charge < -0.3 is 14.7 Å². The summed E-state index contributed by atoms with van der Waals surface area (Å²) < 4.78 is 0. The molecule has 6 nitrogen and oxygen atoms in total. The molecule has 0 unspecified atom stereocenters. The van der Waals surface area contributed by atoms with E-state index in [9.17, 15) is 9.59 Å². The lowest BCUT2D eigenvalue weighted by atomic mass is 10.1. The number of aromatic nitrogens is 1. The molecule has 1 fully saturated rings. The number of nitrogens with zero attached hydrogens (tertiary/aromatic N) is 4. The Kier molecular flexibility index (Phi) is 5.74. The smallest absolute Gasteiger partial charge is 0.259 e. The van der Waals surface area contributed by atoms with E-state index in [-0.39, 0.29) is 11.8 Å². The van der Waals surface area contributed by atoms with Crippen molar-refractivity contribution in [3.05, 3.63) is 53.9 Å². The molecule has 2 amide bonds. The van der Waals surface area contributed by atoms with Crippen LogP contribution in [0.3, 0.4) is 0 Å². The number of carbonyl (C=O) groups is 2. The SMILES string of the molecule is CCN(C(=O)c1cncc(N2CCN(C(C)=O)CC2)c1)c1cccc(C)c1. The van der Waals surface area contributed by atoms with Crippen molar-refractivity contribution in [2.24, 2.45) is 0 Å². The fourth-order valence-corrected chi connectivity index (χ4v) is 3.39. The van der Waals surface area contributed by atoms with Crippen LogP contribution in [0.4, 0.5) is 11.4 Å². The van der Waals surface area contributed by atoms with Gasteiger partial charge in [0.05, 0.1) is 17.4 Å². The first-order valence-electron chi connectivity index (χ1n) is 9.33. The maximum atomic E-state index is 13.1. The Labute approximate surface area is 160 Å². The van der Waals surface area contributed by atoms with Crippen LogP contribution in [0.15, 0.2) is 42.7 Å². The van der Waals surface area contributed by atoms with Crippen molar-refractivity contribution < 1.29 is 9.59 Å². The molecule has 0 bridgehead atoms. The quantitative estimate of drug-likeness (QED) is 0.835. The van der Waals surface area contributed by atoms with E-state index in [1.807, 2.05) is 49.1 Å². The molecule has 2 aromatic rings. The summed E-state index contributed by atoms with van der Waals surface area (Å²) >= 11 is 0. The third-order valence-electron chi connectivity index (χ3n) is 4.94. The van der Waals surface area contributed by atoms with Gasteiger partial charge in [-0.1, -0.05) is 12.1 Å². The zero-order valence-corrected chi connectivity index (χ0v) is 16.2. The number of amides is 2. The Morgan fingerprint density at radius 2 is 1.85 bits per heavy atom. The molecule has 0 spiro atoms. The van der Waals surface area contributed by atoms with E-state index in [1.54, 1.807) is 24.2 Å². The van der Waals surface area contributed by atoms with Crippen LogP contribution in [0.2, 0.25) is 0 Å². The average Bonchev–Trinajstić information content (AvgIpc) is 2.69. The van der Waals surface area contributed by atoms with Crippen LogP contribution in [-0.4, -0.2) is 54.4 Å². The first kappa shape index (κ1) is 18.9. The molecule has 0 saturated carbocycles. The van der Waals surface area contributed by atoms with Crippen molar-refractivity contribution in [3.63, 3.8) is 0 Å². The van der Waals surface area contributed by atoms with Crippen LogP contribution in [0.25, 0.3) is 0 Å². The van der Waals surface area contributed by atoms with Gasteiger partial charge in [0.1, 0.15) is 0 Å². The van der Waals surface area contributed by atoms with Crippen LogP contribution in [0, 0.1) is 6.92 Å². The zero-order chi connectivity index (χ0) is 19.4. The van der Waals surface area contributed by atoms with Crippen molar-refractivity contribution >= 4 is 23.2 Å². The van der Waals surface area contributed by atoms with E-state index in [1.165, 1.54) is 0 Å². The second kappa shape index (κ2) is 8.20. The Morgan fingerprint density at radius 3 is 2.48 bits per heavy atom. The lowest BCUT2D eigenvalue weighted by Gasteiger charge is -2.35. The Hall–Kier alpha value is -2.89. The van der Waals surface area contributed by atoms with Gasteiger partial charge in [0, 0.05) is 51.5 Å². The fraction of sp³-hybridized carbons (Fsp3) is 0.381. The van der Waals surface area contributed by atoms with Gasteiger partial charge >= 0.3 is 0 Å². The van der Waals surface area contributed by atoms with Crippen molar-refractivity contribution in [2.45, 2.75) is 20.8 Å². The number of aryl methyl sites for hydroxylation is 1. The number of benzene rings is 1. The summed E-state index contributed by atoms with van der Waals surface area (Å²) in [4.78, 5) is 34.6. The van der Waals surface area contributed by atoms with E-state index in [0.717, 1.165) is 30.0 Å². The molecule has 3 rings (SSSR count). The van der Waals surface area contributed by atoms with E-state index >= 15 is 0 Å². The van der Waals surface area contributed by atoms with Crippen LogP contribution in [0.5, 0.6) is 0 Å². The fourth-order valence-electron chi connectivity index (χ4n) is 3.39. The average molecular weight is 366 g/mol. The van der Waals surface area contributed by atoms with Crippen molar-refractivity contribution in [1.29, 1.82) is 0 Å². The molecule has 0 atom stereocenters. The molecule has 27 heavy (non-hydrogen) atoms. The molecular weight excluding hydrogens is 340 g/mol. The highest BCUT2D eigenvalue weighted by molar-refractivity contribution is 6.06. The molecule has 0 radical (unpaired) electrons. The Bertz CT molecular complexity index is 828. The maximum absolute atomic E-state index is 13.1. The summed E-state index contributed by atoms with van der Waals surface area (Å²) in [6.07, 6.45) is 3.40. The van der Waals surface area contributed by atoms with Gasteiger partial charge in [-0.15, -0.1) is 0 Å². The molecule has 1 aliphatic heterocycles. The number of carbonyl (C=O) groups excluding carboxylic acids is 2. The van der Waals surface area contributed by atoms with Crippen molar-refractivity contribution in [3.8, 4) is 0 Å². The second-order valence-electron chi connectivity index (χ2n) is 6.81. The van der Waals surface area contributed by atoms with E-state index in [2.05, 4.69) is 9.88 Å². The maximum Gasteiger partial charge on any atom is 0.259 e. The summed E-state index contributed by atoms with van der Waals surface area (Å²) in [7, 11) is 0. The van der Waals surface area contributed by atoms with Gasteiger partial charge in [-0.25, -0.2) is 0 Å². The first-order chi connectivity index (χ1) is 13.0. The molecule has 2 heterocycles. The Morgan fingerprint density at radius 1 is 1.11 bits per heavy atom. The number of hydrogen-bond acceptors (Lipinski definition) is 4. The minimum atomic E-state index is -0.0557. The highest BCUT2D eigenvalue weighted by atomic mass is 16.2. The molecular formula is C21H26N4O2. The predicted molar refractivity (Wildman–Crippen MR) is 107 cm³/mol. The minimum Gasteiger partial charge on any atom is -0.367 e. The molecule has 1 saturated heterocycles. The number of rotatable bonds is 4. The Balaban J connectivity index is 1.78. The van der Waals surface area contributed by atoms with E-state index < -0.39 is 0 Å². The van der Waals surface area contributed by atoms with Gasteiger partial charge in [0.2, 0.25) is 5.91 Å². The van der Waals surface area contributed by atoms with Crippen LogP contribution < -0.4 is 9.80 Å². The largest absolute Gasteiger partial charge is 0.367 e. The standard InChI is InChI=1S/C21H26N4O2/c1-4-25(19-7-5-6-16(2)12-19)21(27)18-13-20(15-22-14-18)24-10-8-23(9-11-24)17(3)26/h5-7,12-15H,4,8-11H2,1-3H3. The van der Waals surface area contributed by atoms with Gasteiger partial charge in [0.25, 0.3) is 5.91 Å². The third-order valence-corrected chi connectivity index (χ3v) is 4.94. The highest BCUT2D eigenvalue weighted by Crippen LogP contribution is 2.21. The third kappa shape index (κ3) is 4.27. The summed E-state index contributed by atoms with van der Waals surface area (Å²) in [5.41, 5.74) is 3.51. The topological polar surface area (TPSA) is 56.8 Å². The lowest BCUT2D eigenvalue weighted by Crippen LogP contribution is -2.48. The first-order valence-corrected chi connectivity index (χ1v) is 9.33. The summed E-state index contributed by atoms with van der Waals surface area (Å²) in [6.45, 7) is 9.05. The van der Waals surface area contributed by atoms with Gasteiger partial charge in [-0.2, -0.15) is 0 Å². The molecule has 0 N–H and O–H groups in total. The monoisotopic (exact) mass is 366 g/mol. The number of pyridine rings is 1. The molecule has 6 heteroatoms. The van der Waals surface area contributed by atoms with Crippen LogP contribution >= 0.6 is 0 Å². The minimum absolute atomic E-state index is 0.0557. The van der Waals surface area contributed by atoms with Crippen LogP contribution in [-0.2, 0) is 4.79 Å².